The molecule has 0 saturated heterocycles. The zero-order chi connectivity index (χ0) is 16.8. The minimum Gasteiger partial charge on any atom is -0.494 e. The van der Waals surface area contributed by atoms with Crippen LogP contribution >= 0.6 is 11.6 Å². The molecule has 24 heavy (non-hydrogen) atoms. The van der Waals surface area contributed by atoms with E-state index in [1.54, 1.807) is 24.3 Å². The molecular formula is C17H16ClN3O3. The molecule has 0 amide bonds. The van der Waals surface area contributed by atoms with Crippen LogP contribution in [0.25, 0.3) is 11.0 Å². The van der Waals surface area contributed by atoms with Gasteiger partial charge >= 0.3 is 5.97 Å². The van der Waals surface area contributed by atoms with Crippen LogP contribution in [0.3, 0.4) is 0 Å². The summed E-state index contributed by atoms with van der Waals surface area (Å²) in [6.45, 7) is 0.668. The molecule has 3 rings (SSSR count). The molecule has 0 atom stereocenters. The van der Waals surface area contributed by atoms with E-state index < -0.39 is 0 Å². The van der Waals surface area contributed by atoms with E-state index in [9.17, 15) is 4.79 Å². The summed E-state index contributed by atoms with van der Waals surface area (Å²) in [5, 5.41) is 11.2. The third kappa shape index (κ3) is 4.45. The largest absolute Gasteiger partial charge is 0.494 e. The number of aromatic nitrogens is 3. The molecule has 1 heterocycles. The fourth-order valence-corrected chi connectivity index (χ4v) is 2.27. The molecule has 1 N–H and O–H groups in total. The van der Waals surface area contributed by atoms with Crippen molar-refractivity contribution in [3.8, 4) is 5.75 Å². The Morgan fingerprint density at radius 2 is 1.88 bits per heavy atom. The first-order valence-electron chi connectivity index (χ1n) is 7.54. The van der Waals surface area contributed by atoms with Crippen LogP contribution in [0.5, 0.6) is 5.75 Å². The molecule has 0 spiro atoms. The lowest BCUT2D eigenvalue weighted by molar-refractivity contribution is -0.145. The Kier molecular flexibility index (Phi) is 5.28. The molecule has 1 aromatic heterocycles. The van der Waals surface area contributed by atoms with Gasteiger partial charge in [0.15, 0.2) is 0 Å². The average molecular weight is 346 g/mol. The van der Waals surface area contributed by atoms with E-state index in [1.165, 1.54) is 0 Å². The highest BCUT2D eigenvalue weighted by Gasteiger charge is 2.05. The summed E-state index contributed by atoms with van der Waals surface area (Å²) in [5.74, 6) is 0.476. The van der Waals surface area contributed by atoms with Crippen LogP contribution in [0.15, 0.2) is 42.5 Å². The summed E-state index contributed by atoms with van der Waals surface area (Å²) in [5.41, 5.74) is 2.41. The monoisotopic (exact) mass is 345 g/mol. The van der Waals surface area contributed by atoms with E-state index in [-0.39, 0.29) is 12.6 Å². The van der Waals surface area contributed by atoms with Crippen LogP contribution in [-0.4, -0.2) is 28.0 Å². The summed E-state index contributed by atoms with van der Waals surface area (Å²) >= 11 is 5.80. The van der Waals surface area contributed by atoms with Crippen LogP contribution in [0.1, 0.15) is 18.4 Å². The number of rotatable bonds is 7. The summed E-state index contributed by atoms with van der Waals surface area (Å²) in [6, 6.07) is 12.6. The Morgan fingerprint density at radius 3 is 2.71 bits per heavy atom. The maximum absolute atomic E-state index is 11.8. The molecule has 0 aliphatic carbocycles. The van der Waals surface area contributed by atoms with Gasteiger partial charge in [0, 0.05) is 11.4 Å². The van der Waals surface area contributed by atoms with E-state index in [0.29, 0.717) is 24.5 Å². The van der Waals surface area contributed by atoms with E-state index in [4.69, 9.17) is 21.1 Å². The fraction of sp³-hybridized carbons (Fsp3) is 0.235. The molecule has 7 heteroatoms. The number of hydrogen-bond acceptors (Lipinski definition) is 5. The summed E-state index contributed by atoms with van der Waals surface area (Å²) in [7, 11) is 0. The number of benzene rings is 2. The van der Waals surface area contributed by atoms with E-state index >= 15 is 0 Å². The first kappa shape index (κ1) is 16.3. The predicted molar refractivity (Wildman–Crippen MR) is 89.9 cm³/mol. The van der Waals surface area contributed by atoms with Crippen molar-refractivity contribution < 1.29 is 14.3 Å². The third-order valence-corrected chi connectivity index (χ3v) is 3.64. The number of carbonyl (C=O) groups is 1. The summed E-state index contributed by atoms with van der Waals surface area (Å²) in [4.78, 5) is 11.8. The molecule has 0 radical (unpaired) electrons. The van der Waals surface area contributed by atoms with Crippen LogP contribution in [-0.2, 0) is 16.1 Å². The van der Waals surface area contributed by atoms with Gasteiger partial charge in [0.1, 0.15) is 23.4 Å². The first-order chi connectivity index (χ1) is 11.7. The molecular weight excluding hydrogens is 330 g/mol. The fourth-order valence-electron chi connectivity index (χ4n) is 2.15. The van der Waals surface area contributed by atoms with Crippen LogP contribution in [0.2, 0.25) is 5.02 Å². The maximum atomic E-state index is 11.8. The van der Waals surface area contributed by atoms with Crippen LogP contribution in [0.4, 0.5) is 0 Å². The number of ether oxygens (including phenoxy) is 2. The number of halogens is 1. The first-order valence-corrected chi connectivity index (χ1v) is 7.92. The van der Waals surface area contributed by atoms with Crippen molar-refractivity contribution in [2.75, 3.05) is 6.61 Å². The average Bonchev–Trinajstić information content (AvgIpc) is 3.06. The number of nitrogens with one attached hydrogen (secondary N) is 1. The second-order valence-corrected chi connectivity index (χ2v) is 5.65. The summed E-state index contributed by atoms with van der Waals surface area (Å²) in [6.07, 6.45) is 0.892. The molecule has 6 nitrogen and oxygen atoms in total. The van der Waals surface area contributed by atoms with Gasteiger partial charge in [-0.25, -0.2) is 0 Å². The normalized spacial score (nSPS) is 10.7. The third-order valence-electron chi connectivity index (χ3n) is 3.39. The lowest BCUT2D eigenvalue weighted by Crippen LogP contribution is -2.07. The quantitative estimate of drug-likeness (QED) is 0.523. The molecule has 0 fully saturated rings. The number of fused-ring (bicyclic) bond motifs is 1. The van der Waals surface area contributed by atoms with Gasteiger partial charge in [0.2, 0.25) is 0 Å². The number of aromatic amines is 1. The highest BCUT2D eigenvalue weighted by atomic mass is 35.5. The van der Waals surface area contributed by atoms with Crippen molar-refractivity contribution >= 4 is 28.6 Å². The van der Waals surface area contributed by atoms with E-state index in [2.05, 4.69) is 15.4 Å². The van der Waals surface area contributed by atoms with Gasteiger partial charge in [-0.05, 0) is 48.4 Å². The molecule has 0 saturated carbocycles. The Balaban J connectivity index is 1.37. The van der Waals surface area contributed by atoms with Gasteiger partial charge in [0.05, 0.1) is 6.61 Å². The van der Waals surface area contributed by atoms with Gasteiger partial charge in [-0.1, -0.05) is 17.7 Å². The highest BCUT2D eigenvalue weighted by molar-refractivity contribution is 6.30. The van der Waals surface area contributed by atoms with Gasteiger partial charge in [0.25, 0.3) is 0 Å². The molecule has 0 unspecified atom stereocenters. The van der Waals surface area contributed by atoms with Crippen molar-refractivity contribution in [1.82, 2.24) is 15.4 Å². The molecule has 3 aromatic rings. The van der Waals surface area contributed by atoms with E-state index in [0.717, 1.165) is 22.3 Å². The molecule has 124 valence electrons. The molecule has 0 aliphatic rings. The minimum absolute atomic E-state index is 0.222. The van der Waals surface area contributed by atoms with Crippen molar-refractivity contribution in [2.24, 2.45) is 0 Å². The smallest absolute Gasteiger partial charge is 0.306 e. The van der Waals surface area contributed by atoms with Crippen LogP contribution in [0, 0.1) is 0 Å². The number of carbonyl (C=O) groups excluding carboxylic acids is 1. The highest BCUT2D eigenvalue weighted by Crippen LogP contribution is 2.16. The zero-order valence-corrected chi connectivity index (χ0v) is 13.6. The molecule has 0 bridgehead atoms. The number of nitrogens with zero attached hydrogens (tertiary/aromatic N) is 2. The predicted octanol–water partition coefficient (Wildman–Crippen LogP) is 3.51. The Morgan fingerprint density at radius 1 is 1.08 bits per heavy atom. The second kappa shape index (κ2) is 7.79. The number of esters is 1. The second-order valence-electron chi connectivity index (χ2n) is 5.21. The van der Waals surface area contributed by atoms with Crippen molar-refractivity contribution in [2.45, 2.75) is 19.4 Å². The Labute approximate surface area is 143 Å². The van der Waals surface area contributed by atoms with Gasteiger partial charge < -0.3 is 9.47 Å². The molecule has 0 aliphatic heterocycles. The lowest BCUT2D eigenvalue weighted by Gasteiger charge is -2.07. The van der Waals surface area contributed by atoms with Gasteiger partial charge in [-0.2, -0.15) is 15.4 Å². The topological polar surface area (TPSA) is 77.1 Å². The Hall–Kier alpha value is -2.60. The van der Waals surface area contributed by atoms with Gasteiger partial charge in [-0.15, -0.1) is 0 Å². The molecule has 2 aromatic carbocycles. The van der Waals surface area contributed by atoms with Crippen molar-refractivity contribution in [1.29, 1.82) is 0 Å². The lowest BCUT2D eigenvalue weighted by atomic mass is 10.2. The standard InChI is InChI=1S/C17H16ClN3O3/c18-13-4-6-14(7-5-13)23-9-1-2-17(22)24-11-12-3-8-15-16(10-12)20-21-19-15/h3-8,10H,1-2,9,11H2,(H,19,20,21). The summed E-state index contributed by atoms with van der Waals surface area (Å²) < 4.78 is 10.8. The Bertz CT molecular complexity index is 817. The van der Waals surface area contributed by atoms with Crippen molar-refractivity contribution in [3.05, 3.63) is 53.1 Å². The van der Waals surface area contributed by atoms with E-state index in [1.807, 2.05) is 18.2 Å². The van der Waals surface area contributed by atoms with Crippen LogP contribution < -0.4 is 4.74 Å². The zero-order valence-electron chi connectivity index (χ0n) is 12.9. The number of hydrogen-bond donors (Lipinski definition) is 1. The number of H-pyrrole nitrogens is 1. The van der Waals surface area contributed by atoms with Crippen molar-refractivity contribution in [3.63, 3.8) is 0 Å². The SMILES string of the molecule is O=C(CCCOc1ccc(Cl)cc1)OCc1ccc2n[nH]nc2c1. The van der Waals surface area contributed by atoms with Gasteiger partial charge in [-0.3, -0.25) is 4.79 Å². The maximum Gasteiger partial charge on any atom is 0.306 e. The minimum atomic E-state index is -0.255.